The molecule has 4 aromatic rings. The average molecular weight is 533 g/mol. The molecule has 0 atom stereocenters. The molecule has 9 nitrogen and oxygen atoms in total. The van der Waals surface area contributed by atoms with E-state index in [9.17, 15) is 20.0 Å². The van der Waals surface area contributed by atoms with Crippen LogP contribution < -0.4 is 15.1 Å². The van der Waals surface area contributed by atoms with Crippen molar-refractivity contribution in [1.82, 2.24) is 0 Å². The van der Waals surface area contributed by atoms with Gasteiger partial charge in [-0.05, 0) is 65.6 Å². The highest BCUT2D eigenvalue weighted by Crippen LogP contribution is 2.39. The number of hydrazone groups is 1. The summed E-state index contributed by atoms with van der Waals surface area (Å²) < 4.78 is 4.72. The number of phenols is 1. The summed E-state index contributed by atoms with van der Waals surface area (Å²) >= 11 is 0. The fraction of sp³-hybridized carbons (Fsp3) is 0.0968. The molecule has 3 N–H and O–H groups in total. The van der Waals surface area contributed by atoms with Gasteiger partial charge in [-0.15, -0.1) is 0 Å². The molecule has 0 radical (unpaired) electrons. The van der Waals surface area contributed by atoms with Crippen molar-refractivity contribution in [2.75, 3.05) is 10.3 Å². The van der Waals surface area contributed by atoms with Crippen LogP contribution in [-0.2, 0) is 4.79 Å². The zero-order chi connectivity index (χ0) is 28.4. The minimum atomic E-state index is -1.44. The SMILES string of the molecule is CC(C)c1ccc(N2C(=O)C(=NNc3cccc(-c4cccc(OC(=O)O)c4)c3O)c3ccc(C#N)cc32)cc1. The van der Waals surface area contributed by atoms with E-state index in [1.54, 1.807) is 48.5 Å². The van der Waals surface area contributed by atoms with Crippen LogP contribution in [0.5, 0.6) is 11.5 Å². The highest BCUT2D eigenvalue weighted by molar-refractivity contribution is 6.55. The molecule has 0 saturated carbocycles. The number of hydrogen-bond acceptors (Lipinski definition) is 7. The van der Waals surface area contributed by atoms with Gasteiger partial charge in [-0.2, -0.15) is 10.4 Å². The van der Waals surface area contributed by atoms with Gasteiger partial charge in [0, 0.05) is 16.8 Å². The lowest BCUT2D eigenvalue weighted by atomic mass is 10.0. The van der Waals surface area contributed by atoms with Crippen LogP contribution in [0.2, 0.25) is 0 Å². The van der Waals surface area contributed by atoms with Gasteiger partial charge in [0.25, 0.3) is 5.91 Å². The molecule has 1 aliphatic heterocycles. The molecule has 1 aliphatic rings. The molecule has 198 valence electrons. The summed E-state index contributed by atoms with van der Waals surface area (Å²) in [6.45, 7) is 4.18. The van der Waals surface area contributed by atoms with Crippen molar-refractivity contribution in [2.45, 2.75) is 19.8 Å². The molecule has 1 heterocycles. The molecule has 5 rings (SSSR count). The number of anilines is 3. The fourth-order valence-electron chi connectivity index (χ4n) is 4.50. The Kier molecular flexibility index (Phi) is 6.91. The Labute approximate surface area is 230 Å². The molecule has 0 unspecified atom stereocenters. The Morgan fingerprint density at radius 2 is 1.75 bits per heavy atom. The standard InChI is InChI=1S/C31H24N4O5/c1-18(2)20-10-12-22(13-11-20)35-27-15-19(17-32)9-14-25(27)28(30(35)37)34-33-26-8-4-7-24(29(26)36)21-5-3-6-23(16-21)40-31(38)39/h3-16,18,33,36H,1-2H3,(H,38,39). The van der Waals surface area contributed by atoms with Crippen molar-refractivity contribution in [1.29, 1.82) is 5.26 Å². The highest BCUT2D eigenvalue weighted by Gasteiger charge is 2.35. The van der Waals surface area contributed by atoms with Crippen molar-refractivity contribution in [3.05, 3.63) is 102 Å². The first-order valence-corrected chi connectivity index (χ1v) is 12.4. The van der Waals surface area contributed by atoms with E-state index in [0.717, 1.165) is 5.56 Å². The van der Waals surface area contributed by atoms with Gasteiger partial charge in [0.1, 0.15) is 11.5 Å². The van der Waals surface area contributed by atoms with E-state index in [1.165, 1.54) is 17.0 Å². The van der Waals surface area contributed by atoms with Crippen LogP contribution in [0.4, 0.5) is 21.9 Å². The van der Waals surface area contributed by atoms with Crippen LogP contribution in [0, 0.1) is 11.3 Å². The molecule has 0 fully saturated rings. The maximum absolute atomic E-state index is 13.6. The minimum absolute atomic E-state index is 0.106. The maximum atomic E-state index is 13.6. The summed E-state index contributed by atoms with van der Waals surface area (Å²) in [6.07, 6.45) is -1.44. The Morgan fingerprint density at radius 3 is 2.45 bits per heavy atom. The van der Waals surface area contributed by atoms with Crippen LogP contribution in [0.25, 0.3) is 11.1 Å². The van der Waals surface area contributed by atoms with Crippen LogP contribution >= 0.6 is 0 Å². The number of benzene rings is 4. The molecular formula is C31H24N4O5. The number of aromatic hydroxyl groups is 1. The number of nitrogens with one attached hydrogen (secondary N) is 1. The predicted molar refractivity (Wildman–Crippen MR) is 151 cm³/mol. The third-order valence-electron chi connectivity index (χ3n) is 6.52. The van der Waals surface area contributed by atoms with Crippen molar-refractivity contribution in [2.24, 2.45) is 5.10 Å². The second-order valence-corrected chi connectivity index (χ2v) is 9.40. The van der Waals surface area contributed by atoms with E-state index in [2.05, 4.69) is 30.4 Å². The summed E-state index contributed by atoms with van der Waals surface area (Å²) in [5.74, 6) is -0.0952. The zero-order valence-corrected chi connectivity index (χ0v) is 21.6. The van der Waals surface area contributed by atoms with Gasteiger partial charge in [-0.1, -0.05) is 50.2 Å². The van der Waals surface area contributed by atoms with Crippen molar-refractivity contribution >= 4 is 34.8 Å². The van der Waals surface area contributed by atoms with Crippen molar-refractivity contribution < 1.29 is 24.5 Å². The Balaban J connectivity index is 1.50. The van der Waals surface area contributed by atoms with E-state index in [4.69, 9.17) is 9.84 Å². The third kappa shape index (κ3) is 4.93. The lowest BCUT2D eigenvalue weighted by Crippen LogP contribution is -2.26. The van der Waals surface area contributed by atoms with E-state index in [1.807, 2.05) is 24.3 Å². The van der Waals surface area contributed by atoms with Crippen molar-refractivity contribution in [3.8, 4) is 28.7 Å². The Bertz CT molecular complexity index is 1700. The summed E-state index contributed by atoms with van der Waals surface area (Å²) in [5, 5.41) is 33.7. The number of rotatable bonds is 6. The molecule has 0 spiro atoms. The van der Waals surface area contributed by atoms with E-state index in [-0.39, 0.29) is 28.8 Å². The molecule has 4 aromatic carbocycles. The lowest BCUT2D eigenvalue weighted by Gasteiger charge is -2.18. The normalized spacial score (nSPS) is 13.3. The number of hydrogen-bond donors (Lipinski definition) is 3. The molecule has 9 heteroatoms. The van der Waals surface area contributed by atoms with Gasteiger partial charge in [0.15, 0.2) is 5.71 Å². The number of nitriles is 1. The van der Waals surface area contributed by atoms with Crippen molar-refractivity contribution in [3.63, 3.8) is 0 Å². The maximum Gasteiger partial charge on any atom is 0.511 e. The molecular weight excluding hydrogens is 508 g/mol. The van der Waals surface area contributed by atoms with Gasteiger partial charge in [-0.3, -0.25) is 15.1 Å². The molecule has 40 heavy (non-hydrogen) atoms. The molecule has 1 amide bonds. The van der Waals surface area contributed by atoms with E-state index < -0.39 is 6.16 Å². The number of carbonyl (C=O) groups excluding carboxylic acids is 1. The fourth-order valence-corrected chi connectivity index (χ4v) is 4.50. The Morgan fingerprint density at radius 1 is 1.00 bits per heavy atom. The summed E-state index contributed by atoms with van der Waals surface area (Å²) in [6, 6.07) is 26.0. The topological polar surface area (TPSA) is 135 Å². The van der Waals surface area contributed by atoms with Gasteiger partial charge in [-0.25, -0.2) is 4.79 Å². The van der Waals surface area contributed by atoms with Crippen LogP contribution in [-0.4, -0.2) is 28.0 Å². The molecule has 0 aliphatic carbocycles. The minimum Gasteiger partial charge on any atom is -0.505 e. The molecule has 0 bridgehead atoms. The second kappa shape index (κ2) is 10.6. The quantitative estimate of drug-likeness (QED) is 0.110. The van der Waals surface area contributed by atoms with E-state index in [0.29, 0.717) is 39.5 Å². The van der Waals surface area contributed by atoms with Gasteiger partial charge in [0.05, 0.1) is 23.0 Å². The largest absolute Gasteiger partial charge is 0.511 e. The zero-order valence-electron chi connectivity index (χ0n) is 21.6. The van der Waals surface area contributed by atoms with Crippen LogP contribution in [0.1, 0.15) is 36.5 Å². The number of ether oxygens (including phenoxy) is 1. The molecule has 0 aromatic heterocycles. The number of carbonyl (C=O) groups is 2. The lowest BCUT2D eigenvalue weighted by molar-refractivity contribution is -0.111. The average Bonchev–Trinajstić information content (AvgIpc) is 3.22. The van der Waals surface area contributed by atoms with Crippen LogP contribution in [0.3, 0.4) is 0 Å². The number of amides is 1. The van der Waals surface area contributed by atoms with Gasteiger partial charge >= 0.3 is 6.16 Å². The summed E-state index contributed by atoms with van der Waals surface area (Å²) in [4.78, 5) is 26.1. The Hall–Kier alpha value is -5.62. The number of nitrogens with zero attached hydrogens (tertiary/aromatic N) is 3. The second-order valence-electron chi connectivity index (χ2n) is 9.40. The van der Waals surface area contributed by atoms with E-state index >= 15 is 0 Å². The first-order chi connectivity index (χ1) is 19.3. The summed E-state index contributed by atoms with van der Waals surface area (Å²) in [5.41, 5.74) is 7.35. The number of carboxylic acid groups (broad SMARTS) is 1. The summed E-state index contributed by atoms with van der Waals surface area (Å²) in [7, 11) is 0. The van der Waals surface area contributed by atoms with Gasteiger partial charge < -0.3 is 14.9 Å². The predicted octanol–water partition coefficient (Wildman–Crippen LogP) is 6.61. The molecule has 0 saturated heterocycles. The smallest absolute Gasteiger partial charge is 0.505 e. The van der Waals surface area contributed by atoms with Gasteiger partial charge in [0.2, 0.25) is 0 Å². The van der Waals surface area contributed by atoms with Crippen LogP contribution in [0.15, 0.2) is 90.0 Å². The number of fused-ring (bicyclic) bond motifs is 1. The first-order valence-electron chi connectivity index (χ1n) is 12.4. The number of phenolic OH excluding ortho intramolecular Hbond substituents is 1. The highest BCUT2D eigenvalue weighted by atomic mass is 16.7. The first kappa shape index (κ1) is 26.0. The third-order valence-corrected chi connectivity index (χ3v) is 6.52. The number of para-hydroxylation sites is 1. The monoisotopic (exact) mass is 532 g/mol.